The van der Waals surface area contributed by atoms with Gasteiger partial charge in [0, 0.05) is 25.2 Å². The number of rotatable bonds is 7. The minimum absolute atomic E-state index is 0.0544. The molecule has 2 amide bonds. The van der Waals surface area contributed by atoms with E-state index in [1.54, 1.807) is 9.80 Å². The maximum absolute atomic E-state index is 12.8. The first kappa shape index (κ1) is 16.1. The molecule has 0 atom stereocenters. The van der Waals surface area contributed by atoms with Crippen molar-refractivity contribution < 1.29 is 19.8 Å². The molecule has 0 spiro atoms. The van der Waals surface area contributed by atoms with Crippen LogP contribution in [-0.2, 0) is 4.79 Å². The van der Waals surface area contributed by atoms with Crippen molar-refractivity contribution in [1.29, 1.82) is 0 Å². The molecule has 120 valence electrons. The number of aliphatic hydroxyl groups excluding tert-OH is 1. The zero-order chi connectivity index (χ0) is 15.2. The van der Waals surface area contributed by atoms with E-state index in [2.05, 4.69) is 0 Å². The van der Waals surface area contributed by atoms with Gasteiger partial charge in [0.25, 0.3) is 0 Å². The van der Waals surface area contributed by atoms with Crippen molar-refractivity contribution in [3.63, 3.8) is 0 Å². The smallest absolute Gasteiger partial charge is 0.323 e. The molecule has 0 saturated heterocycles. The van der Waals surface area contributed by atoms with Crippen LogP contribution < -0.4 is 0 Å². The molecular weight excluding hydrogens is 272 g/mol. The fourth-order valence-electron chi connectivity index (χ4n) is 3.25. The molecule has 0 aromatic rings. The Kier molecular flexibility index (Phi) is 5.85. The molecule has 0 heterocycles. The molecule has 0 radical (unpaired) electrons. The standard InChI is InChI=1S/C15H26N2O4/c18-10-4-9-16(12-7-3-8-12)15(21)17(11-14(19)20)13-5-1-2-6-13/h12-13,18H,1-11H2,(H,19,20). The van der Waals surface area contributed by atoms with Crippen LogP contribution in [0.15, 0.2) is 0 Å². The Labute approximate surface area is 125 Å². The summed E-state index contributed by atoms with van der Waals surface area (Å²) in [7, 11) is 0. The lowest BCUT2D eigenvalue weighted by atomic mass is 9.91. The van der Waals surface area contributed by atoms with Crippen molar-refractivity contribution in [2.75, 3.05) is 19.7 Å². The van der Waals surface area contributed by atoms with Gasteiger partial charge in [-0.2, -0.15) is 0 Å². The van der Waals surface area contributed by atoms with Crippen LogP contribution >= 0.6 is 0 Å². The molecule has 2 aliphatic rings. The van der Waals surface area contributed by atoms with Crippen molar-refractivity contribution in [2.45, 2.75) is 63.5 Å². The normalized spacial score (nSPS) is 19.3. The summed E-state index contributed by atoms with van der Waals surface area (Å²) in [5.41, 5.74) is 0. The third-order valence-corrected chi connectivity index (χ3v) is 4.64. The Morgan fingerprint density at radius 1 is 0.952 bits per heavy atom. The van der Waals surface area contributed by atoms with Crippen molar-refractivity contribution in [3.8, 4) is 0 Å². The molecule has 0 unspecified atom stereocenters. The van der Waals surface area contributed by atoms with Crippen LogP contribution in [0.5, 0.6) is 0 Å². The molecule has 0 bridgehead atoms. The third-order valence-electron chi connectivity index (χ3n) is 4.64. The van der Waals surface area contributed by atoms with Crippen LogP contribution in [-0.4, -0.2) is 63.8 Å². The van der Waals surface area contributed by atoms with Gasteiger partial charge in [0.2, 0.25) is 0 Å². The highest BCUT2D eigenvalue weighted by molar-refractivity contribution is 5.80. The molecule has 2 saturated carbocycles. The van der Waals surface area contributed by atoms with Gasteiger partial charge in [-0.05, 0) is 38.5 Å². The Balaban J connectivity index is 2.06. The van der Waals surface area contributed by atoms with Gasteiger partial charge in [-0.3, -0.25) is 4.79 Å². The highest BCUT2D eigenvalue weighted by Crippen LogP contribution is 2.29. The van der Waals surface area contributed by atoms with Crippen molar-refractivity contribution in [3.05, 3.63) is 0 Å². The zero-order valence-electron chi connectivity index (χ0n) is 12.5. The first-order valence-electron chi connectivity index (χ1n) is 8.03. The number of hydrogen-bond donors (Lipinski definition) is 2. The minimum atomic E-state index is -0.953. The Morgan fingerprint density at radius 3 is 2.00 bits per heavy atom. The number of amides is 2. The summed E-state index contributed by atoms with van der Waals surface area (Å²) in [6.45, 7) is 0.355. The number of aliphatic carboxylic acids is 1. The van der Waals surface area contributed by atoms with E-state index in [4.69, 9.17) is 10.2 Å². The van der Waals surface area contributed by atoms with E-state index in [0.29, 0.717) is 13.0 Å². The topological polar surface area (TPSA) is 81.1 Å². The zero-order valence-corrected chi connectivity index (χ0v) is 12.5. The number of carboxylic acids is 1. The van der Waals surface area contributed by atoms with Crippen molar-refractivity contribution in [2.24, 2.45) is 0 Å². The van der Waals surface area contributed by atoms with Crippen LogP contribution in [0.1, 0.15) is 51.4 Å². The number of carbonyl (C=O) groups excluding carboxylic acids is 1. The van der Waals surface area contributed by atoms with E-state index in [-0.39, 0.29) is 31.3 Å². The summed E-state index contributed by atoms with van der Waals surface area (Å²) in [4.78, 5) is 27.3. The highest BCUT2D eigenvalue weighted by atomic mass is 16.4. The molecule has 6 heteroatoms. The molecule has 2 fully saturated rings. The lowest BCUT2D eigenvalue weighted by Gasteiger charge is -2.41. The third kappa shape index (κ3) is 4.09. The van der Waals surface area contributed by atoms with E-state index in [0.717, 1.165) is 44.9 Å². The predicted octanol–water partition coefficient (Wildman–Crippen LogP) is 1.67. The molecule has 2 rings (SSSR count). The van der Waals surface area contributed by atoms with Crippen LogP contribution in [0.2, 0.25) is 0 Å². The molecule has 6 nitrogen and oxygen atoms in total. The molecular formula is C15H26N2O4. The minimum Gasteiger partial charge on any atom is -0.480 e. The van der Waals surface area contributed by atoms with E-state index in [9.17, 15) is 9.59 Å². The van der Waals surface area contributed by atoms with Gasteiger partial charge >= 0.3 is 12.0 Å². The van der Waals surface area contributed by atoms with Gasteiger partial charge in [0.15, 0.2) is 0 Å². The summed E-state index contributed by atoms with van der Waals surface area (Å²) in [6.07, 6.45) is 7.58. The number of hydrogen-bond acceptors (Lipinski definition) is 3. The lowest BCUT2D eigenvalue weighted by molar-refractivity contribution is -0.138. The molecule has 0 aromatic heterocycles. The average molecular weight is 298 g/mol. The maximum atomic E-state index is 12.8. The number of aliphatic hydroxyl groups is 1. The summed E-state index contributed by atoms with van der Waals surface area (Å²) >= 11 is 0. The van der Waals surface area contributed by atoms with E-state index in [1.165, 1.54) is 0 Å². The SMILES string of the molecule is O=C(O)CN(C(=O)N(CCCO)C1CCC1)C1CCCC1. The van der Waals surface area contributed by atoms with Crippen LogP contribution in [0.4, 0.5) is 4.79 Å². The maximum Gasteiger partial charge on any atom is 0.323 e. The highest BCUT2D eigenvalue weighted by Gasteiger charge is 2.35. The first-order valence-corrected chi connectivity index (χ1v) is 8.03. The van der Waals surface area contributed by atoms with Crippen LogP contribution in [0.3, 0.4) is 0 Å². The monoisotopic (exact) mass is 298 g/mol. The Hall–Kier alpha value is -1.30. The summed E-state index contributed by atoms with van der Waals surface area (Å²) in [6, 6.07) is 0.134. The van der Waals surface area contributed by atoms with Crippen molar-refractivity contribution >= 4 is 12.0 Å². The van der Waals surface area contributed by atoms with Gasteiger partial charge in [-0.25, -0.2) is 4.79 Å². The van der Waals surface area contributed by atoms with Crippen LogP contribution in [0, 0.1) is 0 Å². The second-order valence-electron chi connectivity index (χ2n) is 6.10. The summed E-state index contributed by atoms with van der Waals surface area (Å²) < 4.78 is 0. The van der Waals surface area contributed by atoms with Crippen LogP contribution in [0.25, 0.3) is 0 Å². The summed E-state index contributed by atoms with van der Waals surface area (Å²) in [5.74, 6) is -0.953. The van der Waals surface area contributed by atoms with Gasteiger partial charge in [0.1, 0.15) is 6.54 Å². The van der Waals surface area contributed by atoms with E-state index < -0.39 is 5.97 Å². The number of nitrogens with zero attached hydrogens (tertiary/aromatic N) is 2. The second kappa shape index (κ2) is 7.64. The van der Waals surface area contributed by atoms with E-state index >= 15 is 0 Å². The fourth-order valence-corrected chi connectivity index (χ4v) is 3.25. The van der Waals surface area contributed by atoms with Gasteiger partial charge in [0.05, 0.1) is 0 Å². The summed E-state index contributed by atoms with van der Waals surface area (Å²) in [5, 5.41) is 18.1. The quantitative estimate of drug-likeness (QED) is 0.749. The lowest BCUT2D eigenvalue weighted by Crippen LogP contribution is -2.54. The average Bonchev–Trinajstić information content (AvgIpc) is 2.91. The number of urea groups is 1. The molecule has 2 N–H and O–H groups in total. The van der Waals surface area contributed by atoms with E-state index in [1.807, 2.05) is 0 Å². The molecule has 0 aromatic carbocycles. The molecule has 0 aliphatic heterocycles. The number of carboxylic acid groups (broad SMARTS) is 1. The van der Waals surface area contributed by atoms with Gasteiger partial charge < -0.3 is 20.0 Å². The predicted molar refractivity (Wildman–Crippen MR) is 78.0 cm³/mol. The van der Waals surface area contributed by atoms with Crippen molar-refractivity contribution in [1.82, 2.24) is 9.80 Å². The Morgan fingerprint density at radius 2 is 1.52 bits per heavy atom. The Bertz CT molecular complexity index is 365. The number of carbonyl (C=O) groups is 2. The fraction of sp³-hybridized carbons (Fsp3) is 0.867. The molecule has 2 aliphatic carbocycles. The second-order valence-corrected chi connectivity index (χ2v) is 6.10. The van der Waals surface area contributed by atoms with Gasteiger partial charge in [-0.1, -0.05) is 12.8 Å². The van der Waals surface area contributed by atoms with Gasteiger partial charge in [-0.15, -0.1) is 0 Å². The first-order chi connectivity index (χ1) is 10.1. The largest absolute Gasteiger partial charge is 0.480 e. The molecule has 21 heavy (non-hydrogen) atoms.